The highest BCUT2D eigenvalue weighted by Gasteiger charge is 2.17. The van der Waals surface area contributed by atoms with E-state index >= 15 is 0 Å². The maximum Gasteiger partial charge on any atom is 0.294 e. The lowest BCUT2D eigenvalue weighted by Gasteiger charge is -2.06. The molecule has 0 N–H and O–H groups in total. The van der Waals surface area contributed by atoms with Crippen LogP contribution in [0.4, 0.5) is 0 Å². The molecule has 0 amide bonds. The highest BCUT2D eigenvalue weighted by molar-refractivity contribution is 5.97. The first-order chi connectivity index (χ1) is 7.77. The van der Waals surface area contributed by atoms with E-state index in [1.165, 1.54) is 0 Å². The third-order valence-electron chi connectivity index (χ3n) is 2.15. The van der Waals surface area contributed by atoms with Crippen molar-refractivity contribution in [3.05, 3.63) is 35.9 Å². The fourth-order valence-corrected chi connectivity index (χ4v) is 1.30. The molecule has 1 aromatic carbocycles. The molecular formula is C12H12O4. The highest BCUT2D eigenvalue weighted by Crippen LogP contribution is 2.04. The van der Waals surface area contributed by atoms with Crippen molar-refractivity contribution in [1.82, 2.24) is 0 Å². The Balaban J connectivity index is 2.45. The molecule has 84 valence electrons. The summed E-state index contributed by atoms with van der Waals surface area (Å²) in [4.78, 5) is 31.9. The summed E-state index contributed by atoms with van der Waals surface area (Å²) in [6.07, 6.45) is -0.212. The van der Waals surface area contributed by atoms with Gasteiger partial charge in [-0.1, -0.05) is 30.3 Å². The number of ketones is 1. The first kappa shape index (κ1) is 12.1. The van der Waals surface area contributed by atoms with Gasteiger partial charge in [0.25, 0.3) is 6.47 Å². The van der Waals surface area contributed by atoms with Gasteiger partial charge in [-0.3, -0.25) is 14.4 Å². The lowest BCUT2D eigenvalue weighted by Crippen LogP contribution is -2.25. The predicted octanol–water partition coefficient (Wildman–Crippen LogP) is 0.929. The molecule has 0 heterocycles. The Morgan fingerprint density at radius 2 is 1.94 bits per heavy atom. The number of ether oxygens (including phenoxy) is 1. The number of hydrogen-bond donors (Lipinski definition) is 0. The molecule has 4 heteroatoms. The summed E-state index contributed by atoms with van der Waals surface area (Å²) in [6, 6.07) is 9.42. The van der Waals surface area contributed by atoms with Gasteiger partial charge in [0, 0.05) is 6.42 Å². The van der Waals surface area contributed by atoms with Gasteiger partial charge < -0.3 is 4.74 Å². The van der Waals surface area contributed by atoms with Crippen LogP contribution in [0.1, 0.15) is 12.0 Å². The molecule has 4 nitrogen and oxygen atoms in total. The van der Waals surface area contributed by atoms with Crippen LogP contribution in [0, 0.1) is 0 Å². The largest absolute Gasteiger partial charge is 0.449 e. The van der Waals surface area contributed by atoms with Crippen LogP contribution in [0.15, 0.2) is 30.3 Å². The second kappa shape index (κ2) is 6.50. The standard InChI is InChI=1S/C12H12O4/c13-8-12(16-9-14)11(15)7-6-10-4-2-1-3-5-10/h1-5,8-9,12H,6-7H2. The highest BCUT2D eigenvalue weighted by atomic mass is 16.5. The summed E-state index contributed by atoms with van der Waals surface area (Å²) in [5, 5.41) is 0. The van der Waals surface area contributed by atoms with E-state index in [4.69, 9.17) is 0 Å². The molecule has 0 radical (unpaired) electrons. The zero-order valence-electron chi connectivity index (χ0n) is 8.67. The normalized spacial score (nSPS) is 11.5. The minimum Gasteiger partial charge on any atom is -0.449 e. The van der Waals surface area contributed by atoms with Crippen molar-refractivity contribution in [1.29, 1.82) is 0 Å². The van der Waals surface area contributed by atoms with Crippen molar-refractivity contribution < 1.29 is 19.1 Å². The summed E-state index contributed by atoms with van der Waals surface area (Å²) in [6.45, 7) is 0.111. The summed E-state index contributed by atoms with van der Waals surface area (Å²) in [5.74, 6) is -0.383. The molecule has 16 heavy (non-hydrogen) atoms. The quantitative estimate of drug-likeness (QED) is 0.506. The molecule has 1 unspecified atom stereocenters. The van der Waals surface area contributed by atoms with Crippen LogP contribution in [-0.2, 0) is 25.5 Å². The second-order valence-corrected chi connectivity index (χ2v) is 3.24. The molecule has 0 aliphatic carbocycles. The van der Waals surface area contributed by atoms with Crippen LogP contribution in [0.5, 0.6) is 0 Å². The van der Waals surface area contributed by atoms with E-state index in [1.54, 1.807) is 0 Å². The minimum atomic E-state index is -1.26. The summed E-state index contributed by atoms with van der Waals surface area (Å²) in [5.41, 5.74) is 1.01. The van der Waals surface area contributed by atoms with Crippen molar-refractivity contribution in [2.45, 2.75) is 18.9 Å². The maximum absolute atomic E-state index is 11.4. The van der Waals surface area contributed by atoms with E-state index in [1.807, 2.05) is 30.3 Å². The lowest BCUT2D eigenvalue weighted by molar-refractivity contribution is -0.147. The summed E-state index contributed by atoms with van der Waals surface area (Å²) < 4.78 is 4.34. The van der Waals surface area contributed by atoms with E-state index in [0.29, 0.717) is 12.7 Å². The van der Waals surface area contributed by atoms with Crippen molar-refractivity contribution in [2.24, 2.45) is 0 Å². The van der Waals surface area contributed by atoms with Crippen LogP contribution in [-0.4, -0.2) is 24.6 Å². The molecule has 0 saturated carbocycles. The third-order valence-corrected chi connectivity index (χ3v) is 2.15. The number of carbonyl (C=O) groups is 3. The molecule has 0 saturated heterocycles. The van der Waals surface area contributed by atoms with Crippen LogP contribution >= 0.6 is 0 Å². The van der Waals surface area contributed by atoms with Crippen molar-refractivity contribution in [3.8, 4) is 0 Å². The average Bonchev–Trinajstić information content (AvgIpc) is 2.34. The van der Waals surface area contributed by atoms with Gasteiger partial charge in [0.1, 0.15) is 0 Å². The summed E-state index contributed by atoms with van der Waals surface area (Å²) in [7, 11) is 0. The second-order valence-electron chi connectivity index (χ2n) is 3.24. The maximum atomic E-state index is 11.4. The third kappa shape index (κ3) is 3.65. The van der Waals surface area contributed by atoms with E-state index in [-0.39, 0.29) is 18.7 Å². The number of benzene rings is 1. The van der Waals surface area contributed by atoms with Gasteiger partial charge in [-0.05, 0) is 12.0 Å². The molecule has 0 aliphatic rings. The topological polar surface area (TPSA) is 60.4 Å². The van der Waals surface area contributed by atoms with Crippen LogP contribution in [0.3, 0.4) is 0 Å². The van der Waals surface area contributed by atoms with E-state index in [0.717, 1.165) is 5.56 Å². The smallest absolute Gasteiger partial charge is 0.294 e. The fourth-order valence-electron chi connectivity index (χ4n) is 1.30. The molecule has 0 spiro atoms. The Morgan fingerprint density at radius 1 is 1.25 bits per heavy atom. The Morgan fingerprint density at radius 3 is 2.50 bits per heavy atom. The number of aldehydes is 1. The van der Waals surface area contributed by atoms with Crippen LogP contribution in [0.25, 0.3) is 0 Å². The van der Waals surface area contributed by atoms with Gasteiger partial charge >= 0.3 is 0 Å². The number of carbonyl (C=O) groups excluding carboxylic acids is 3. The van der Waals surface area contributed by atoms with Crippen molar-refractivity contribution in [2.75, 3.05) is 0 Å². The van der Waals surface area contributed by atoms with E-state index in [9.17, 15) is 14.4 Å². The molecule has 1 atom stereocenters. The van der Waals surface area contributed by atoms with Gasteiger partial charge in [-0.15, -0.1) is 0 Å². The average molecular weight is 220 g/mol. The van der Waals surface area contributed by atoms with E-state index in [2.05, 4.69) is 4.74 Å². The first-order valence-corrected chi connectivity index (χ1v) is 4.89. The zero-order valence-corrected chi connectivity index (χ0v) is 8.67. The van der Waals surface area contributed by atoms with Crippen molar-refractivity contribution >= 4 is 18.5 Å². The molecule has 1 rings (SSSR count). The molecular weight excluding hydrogens is 208 g/mol. The Bertz CT molecular complexity index is 359. The Kier molecular flexibility index (Phi) is 4.92. The number of Topliss-reactive ketones (excluding diaryl/α,β-unsaturated/α-hetero) is 1. The molecule has 0 aromatic heterocycles. The van der Waals surface area contributed by atoms with E-state index < -0.39 is 6.10 Å². The monoisotopic (exact) mass is 220 g/mol. The first-order valence-electron chi connectivity index (χ1n) is 4.89. The SMILES string of the molecule is O=COC(C=O)C(=O)CCc1ccccc1. The number of aryl methyl sites for hydroxylation is 1. The number of rotatable bonds is 7. The Hall–Kier alpha value is -1.97. The van der Waals surface area contributed by atoms with Crippen LogP contribution < -0.4 is 0 Å². The minimum absolute atomic E-state index is 0.111. The summed E-state index contributed by atoms with van der Waals surface area (Å²) >= 11 is 0. The van der Waals surface area contributed by atoms with Gasteiger partial charge in [-0.25, -0.2) is 0 Å². The molecule has 0 aliphatic heterocycles. The predicted molar refractivity (Wildman–Crippen MR) is 56.8 cm³/mol. The number of hydrogen-bond acceptors (Lipinski definition) is 4. The molecule has 0 fully saturated rings. The Labute approximate surface area is 93.2 Å². The van der Waals surface area contributed by atoms with Gasteiger partial charge in [0.15, 0.2) is 12.1 Å². The van der Waals surface area contributed by atoms with Crippen molar-refractivity contribution in [3.63, 3.8) is 0 Å². The van der Waals surface area contributed by atoms with Crippen LogP contribution in [0.2, 0.25) is 0 Å². The molecule has 1 aromatic rings. The van der Waals surface area contributed by atoms with Gasteiger partial charge in [0.05, 0.1) is 0 Å². The lowest BCUT2D eigenvalue weighted by atomic mass is 10.1. The fraction of sp³-hybridized carbons (Fsp3) is 0.250. The zero-order chi connectivity index (χ0) is 11.8. The van der Waals surface area contributed by atoms with Gasteiger partial charge in [-0.2, -0.15) is 0 Å². The van der Waals surface area contributed by atoms with Gasteiger partial charge in [0.2, 0.25) is 6.10 Å². The molecule has 0 bridgehead atoms.